The third-order valence-corrected chi connectivity index (χ3v) is 3.33. The van der Waals surface area contributed by atoms with E-state index in [9.17, 15) is 0 Å². The van der Waals surface area contributed by atoms with Crippen molar-refractivity contribution in [3.8, 4) is 5.69 Å². The van der Waals surface area contributed by atoms with E-state index in [1.807, 2.05) is 35.1 Å². The molecule has 3 aromatic rings. The molecule has 3 rings (SSSR count). The molecule has 0 saturated carbocycles. The Morgan fingerprint density at radius 2 is 2.10 bits per heavy atom. The van der Waals surface area contributed by atoms with Crippen molar-refractivity contribution in [3.63, 3.8) is 0 Å². The molecule has 0 radical (unpaired) electrons. The van der Waals surface area contributed by atoms with Gasteiger partial charge in [-0.3, -0.25) is 5.10 Å². The van der Waals surface area contributed by atoms with Gasteiger partial charge in [-0.15, -0.1) is 0 Å². The molecule has 0 spiro atoms. The first kappa shape index (κ1) is 12.6. The van der Waals surface area contributed by atoms with Gasteiger partial charge in [-0.1, -0.05) is 18.2 Å². The molecule has 20 heavy (non-hydrogen) atoms. The second-order valence-corrected chi connectivity index (χ2v) is 4.69. The van der Waals surface area contributed by atoms with E-state index in [0.29, 0.717) is 0 Å². The number of hydrogen-bond donors (Lipinski definition) is 2. The number of hydrogen-bond acceptors (Lipinski definition) is 3. The number of aromatic amines is 1. The van der Waals surface area contributed by atoms with Gasteiger partial charge in [0.1, 0.15) is 0 Å². The Labute approximate surface area is 117 Å². The fourth-order valence-corrected chi connectivity index (χ4v) is 2.18. The molecule has 5 heteroatoms. The van der Waals surface area contributed by atoms with E-state index in [1.54, 1.807) is 12.4 Å². The number of nitrogens with zero attached hydrogens (tertiary/aromatic N) is 3. The lowest BCUT2D eigenvalue weighted by Crippen LogP contribution is -2.19. The first-order valence-corrected chi connectivity index (χ1v) is 6.65. The lowest BCUT2D eigenvalue weighted by molar-refractivity contribution is 0.558. The minimum atomic E-state index is 0.225. The third kappa shape index (κ3) is 2.62. The van der Waals surface area contributed by atoms with E-state index in [1.165, 1.54) is 5.56 Å². The van der Waals surface area contributed by atoms with Gasteiger partial charge >= 0.3 is 0 Å². The molecule has 1 aromatic carbocycles. The van der Waals surface area contributed by atoms with E-state index in [-0.39, 0.29) is 6.04 Å². The van der Waals surface area contributed by atoms with Crippen molar-refractivity contribution in [2.45, 2.75) is 19.5 Å². The molecule has 0 amide bonds. The molecule has 2 aromatic heterocycles. The van der Waals surface area contributed by atoms with Crippen molar-refractivity contribution in [1.29, 1.82) is 0 Å². The van der Waals surface area contributed by atoms with Crippen molar-refractivity contribution >= 4 is 0 Å². The number of rotatable bonds is 5. The Bertz CT molecular complexity index is 643. The van der Waals surface area contributed by atoms with Crippen LogP contribution in [0, 0.1) is 0 Å². The molecule has 0 fully saturated rings. The topological polar surface area (TPSA) is 58.5 Å². The minimum absolute atomic E-state index is 0.225. The van der Waals surface area contributed by atoms with Crippen molar-refractivity contribution < 1.29 is 0 Å². The average Bonchev–Trinajstić information content (AvgIpc) is 3.17. The van der Waals surface area contributed by atoms with Gasteiger partial charge in [0.05, 0.1) is 11.4 Å². The number of benzene rings is 1. The van der Waals surface area contributed by atoms with Gasteiger partial charge in [0.15, 0.2) is 0 Å². The van der Waals surface area contributed by atoms with Crippen LogP contribution >= 0.6 is 0 Å². The van der Waals surface area contributed by atoms with Crippen LogP contribution in [0.25, 0.3) is 5.69 Å². The Morgan fingerprint density at radius 1 is 1.20 bits per heavy atom. The first-order chi connectivity index (χ1) is 9.84. The zero-order valence-corrected chi connectivity index (χ0v) is 11.3. The molecule has 2 N–H and O–H groups in total. The van der Waals surface area contributed by atoms with Crippen LogP contribution in [0.3, 0.4) is 0 Å². The minimum Gasteiger partial charge on any atom is -0.305 e. The summed E-state index contributed by atoms with van der Waals surface area (Å²) in [7, 11) is 0. The third-order valence-electron chi connectivity index (χ3n) is 3.33. The van der Waals surface area contributed by atoms with Crippen molar-refractivity contribution in [1.82, 2.24) is 25.3 Å². The zero-order chi connectivity index (χ0) is 13.8. The molecule has 1 unspecified atom stereocenters. The molecule has 5 nitrogen and oxygen atoms in total. The molecule has 0 aliphatic carbocycles. The van der Waals surface area contributed by atoms with Gasteiger partial charge in [-0.05, 0) is 30.7 Å². The van der Waals surface area contributed by atoms with Gasteiger partial charge in [-0.2, -0.15) is 10.2 Å². The van der Waals surface area contributed by atoms with Crippen LogP contribution < -0.4 is 5.32 Å². The molecular formula is C15H17N5. The zero-order valence-electron chi connectivity index (χ0n) is 11.3. The summed E-state index contributed by atoms with van der Waals surface area (Å²) in [6, 6.07) is 12.4. The lowest BCUT2D eigenvalue weighted by atomic mass is 10.1. The van der Waals surface area contributed by atoms with Gasteiger partial charge in [-0.25, -0.2) is 4.68 Å². The smallest absolute Gasteiger partial charge is 0.0690 e. The van der Waals surface area contributed by atoms with E-state index >= 15 is 0 Å². The van der Waals surface area contributed by atoms with E-state index in [0.717, 1.165) is 17.9 Å². The number of para-hydroxylation sites is 1. The standard InChI is InChI=1S/C15H17N5/c1-12(14-7-9-17-19-14)16-11-13-5-2-3-6-15(13)20-10-4-8-18-20/h2-10,12,16H,11H2,1H3,(H,17,19). The Hall–Kier alpha value is -2.40. The highest BCUT2D eigenvalue weighted by atomic mass is 15.3. The summed E-state index contributed by atoms with van der Waals surface area (Å²) in [5.74, 6) is 0. The number of aromatic nitrogens is 4. The predicted molar refractivity (Wildman–Crippen MR) is 77.4 cm³/mol. The highest BCUT2D eigenvalue weighted by Gasteiger charge is 2.08. The summed E-state index contributed by atoms with van der Waals surface area (Å²) in [6.07, 6.45) is 5.51. The molecule has 0 bridgehead atoms. The predicted octanol–water partition coefficient (Wildman–Crippen LogP) is 2.45. The lowest BCUT2D eigenvalue weighted by Gasteiger charge is -2.14. The van der Waals surface area contributed by atoms with E-state index in [2.05, 4.69) is 39.7 Å². The molecule has 2 heterocycles. The second-order valence-electron chi connectivity index (χ2n) is 4.69. The summed E-state index contributed by atoms with van der Waals surface area (Å²) in [5, 5.41) is 14.8. The van der Waals surface area contributed by atoms with Crippen LogP contribution in [0.4, 0.5) is 0 Å². The number of nitrogens with one attached hydrogen (secondary N) is 2. The number of H-pyrrole nitrogens is 1. The Morgan fingerprint density at radius 3 is 2.85 bits per heavy atom. The van der Waals surface area contributed by atoms with Gasteiger partial charge < -0.3 is 5.32 Å². The average molecular weight is 267 g/mol. The van der Waals surface area contributed by atoms with Crippen LogP contribution in [-0.4, -0.2) is 20.0 Å². The monoisotopic (exact) mass is 267 g/mol. The highest BCUT2D eigenvalue weighted by molar-refractivity contribution is 5.40. The van der Waals surface area contributed by atoms with E-state index < -0.39 is 0 Å². The van der Waals surface area contributed by atoms with Crippen molar-refractivity contribution in [3.05, 3.63) is 66.2 Å². The summed E-state index contributed by atoms with van der Waals surface area (Å²) in [4.78, 5) is 0. The molecule has 0 aliphatic heterocycles. The molecular weight excluding hydrogens is 250 g/mol. The van der Waals surface area contributed by atoms with Crippen LogP contribution in [0.1, 0.15) is 24.2 Å². The van der Waals surface area contributed by atoms with Crippen LogP contribution in [0.5, 0.6) is 0 Å². The molecule has 1 atom stereocenters. The largest absolute Gasteiger partial charge is 0.305 e. The second kappa shape index (κ2) is 5.71. The molecule has 0 saturated heterocycles. The molecule has 102 valence electrons. The Balaban J connectivity index is 1.75. The normalized spacial score (nSPS) is 12.4. The maximum atomic E-state index is 4.30. The quantitative estimate of drug-likeness (QED) is 0.746. The van der Waals surface area contributed by atoms with E-state index in [4.69, 9.17) is 0 Å². The maximum absolute atomic E-state index is 4.30. The van der Waals surface area contributed by atoms with Gasteiger partial charge in [0.2, 0.25) is 0 Å². The van der Waals surface area contributed by atoms with Crippen molar-refractivity contribution in [2.24, 2.45) is 0 Å². The summed E-state index contributed by atoms with van der Waals surface area (Å²) in [5.41, 5.74) is 3.39. The summed E-state index contributed by atoms with van der Waals surface area (Å²) < 4.78 is 1.89. The SMILES string of the molecule is CC(NCc1ccccc1-n1cccn1)c1ccn[nH]1. The fourth-order valence-electron chi connectivity index (χ4n) is 2.18. The molecule has 0 aliphatic rings. The summed E-state index contributed by atoms with van der Waals surface area (Å²) >= 11 is 0. The van der Waals surface area contributed by atoms with Crippen LogP contribution in [0.15, 0.2) is 55.0 Å². The van der Waals surface area contributed by atoms with Crippen molar-refractivity contribution in [2.75, 3.05) is 0 Å². The van der Waals surface area contributed by atoms with Gasteiger partial charge in [0, 0.05) is 31.2 Å². The first-order valence-electron chi connectivity index (χ1n) is 6.65. The summed E-state index contributed by atoms with van der Waals surface area (Å²) in [6.45, 7) is 2.89. The van der Waals surface area contributed by atoms with Gasteiger partial charge in [0.25, 0.3) is 0 Å². The Kier molecular flexibility index (Phi) is 3.60. The maximum Gasteiger partial charge on any atom is 0.0690 e. The van der Waals surface area contributed by atoms with Crippen LogP contribution in [-0.2, 0) is 6.54 Å². The van der Waals surface area contributed by atoms with Crippen LogP contribution in [0.2, 0.25) is 0 Å². The highest BCUT2D eigenvalue weighted by Crippen LogP contribution is 2.15. The fraction of sp³-hybridized carbons (Fsp3) is 0.200.